The van der Waals surface area contributed by atoms with Crippen LogP contribution in [0.25, 0.3) is 5.57 Å². The number of carbonyl (C=O) groups is 2. The summed E-state index contributed by atoms with van der Waals surface area (Å²) in [5.41, 5.74) is 4.26. The lowest BCUT2D eigenvalue weighted by atomic mass is 10.0. The maximum Gasteiger partial charge on any atom is 0.282 e. The number of nitrogens with one attached hydrogen (secondary N) is 1. The summed E-state index contributed by atoms with van der Waals surface area (Å²) in [6.45, 7) is 3.98. The molecule has 0 saturated carbocycles. The zero-order valence-electron chi connectivity index (χ0n) is 16.1. The number of aryl methyl sites for hydroxylation is 2. The van der Waals surface area contributed by atoms with Gasteiger partial charge in [0.2, 0.25) is 0 Å². The van der Waals surface area contributed by atoms with Crippen molar-refractivity contribution in [2.75, 3.05) is 10.2 Å². The number of amides is 2. The summed E-state index contributed by atoms with van der Waals surface area (Å²) in [4.78, 5) is 27.6. The Hall–Kier alpha value is -3.73. The second-order valence-corrected chi connectivity index (χ2v) is 6.96. The minimum atomic E-state index is -0.446. The lowest BCUT2D eigenvalue weighted by Crippen LogP contribution is -2.32. The molecule has 2 amide bonds. The van der Waals surface area contributed by atoms with Crippen molar-refractivity contribution in [3.8, 4) is 0 Å². The molecule has 5 heteroatoms. The van der Waals surface area contributed by atoms with Crippen molar-refractivity contribution in [2.24, 2.45) is 0 Å². The zero-order valence-corrected chi connectivity index (χ0v) is 16.1. The zero-order chi connectivity index (χ0) is 20.5. The quantitative estimate of drug-likeness (QED) is 0.653. The van der Waals surface area contributed by atoms with Gasteiger partial charge in [0.25, 0.3) is 11.8 Å². The van der Waals surface area contributed by atoms with E-state index in [-0.39, 0.29) is 11.3 Å². The van der Waals surface area contributed by atoms with E-state index in [1.807, 2.05) is 38.1 Å². The summed E-state index contributed by atoms with van der Waals surface area (Å²) < 4.78 is 13.4. The van der Waals surface area contributed by atoms with Crippen LogP contribution in [0.4, 0.5) is 15.8 Å². The average molecular weight is 386 g/mol. The van der Waals surface area contributed by atoms with E-state index in [1.54, 1.807) is 24.3 Å². The van der Waals surface area contributed by atoms with Crippen LogP contribution in [-0.2, 0) is 9.59 Å². The molecule has 4 rings (SSSR count). The van der Waals surface area contributed by atoms with Crippen LogP contribution in [0.15, 0.2) is 78.5 Å². The van der Waals surface area contributed by atoms with Crippen molar-refractivity contribution in [1.29, 1.82) is 0 Å². The molecule has 0 aromatic heterocycles. The Morgan fingerprint density at radius 2 is 1.48 bits per heavy atom. The highest BCUT2D eigenvalue weighted by Gasteiger charge is 2.40. The minimum absolute atomic E-state index is 0.175. The van der Waals surface area contributed by atoms with Gasteiger partial charge in [-0.05, 0) is 66.9 Å². The molecule has 0 bridgehead atoms. The van der Waals surface area contributed by atoms with Crippen LogP contribution >= 0.6 is 0 Å². The van der Waals surface area contributed by atoms with Gasteiger partial charge in [0.05, 0.1) is 11.3 Å². The summed E-state index contributed by atoms with van der Waals surface area (Å²) in [7, 11) is 0. The summed E-state index contributed by atoms with van der Waals surface area (Å²) in [5, 5.41) is 3.13. The number of halogens is 1. The van der Waals surface area contributed by atoms with E-state index in [1.165, 1.54) is 24.3 Å². The molecule has 0 saturated heterocycles. The Kier molecular flexibility index (Phi) is 4.72. The summed E-state index contributed by atoms with van der Waals surface area (Å²) in [6.07, 6.45) is 0. The van der Waals surface area contributed by atoms with Crippen LogP contribution < -0.4 is 10.2 Å². The van der Waals surface area contributed by atoms with E-state index >= 15 is 0 Å². The van der Waals surface area contributed by atoms with E-state index in [0.29, 0.717) is 16.9 Å². The number of hydrogen-bond acceptors (Lipinski definition) is 3. The van der Waals surface area contributed by atoms with E-state index < -0.39 is 17.6 Å². The first kappa shape index (κ1) is 18.6. The first-order valence-corrected chi connectivity index (χ1v) is 9.24. The van der Waals surface area contributed by atoms with E-state index in [9.17, 15) is 14.0 Å². The number of hydrogen-bond donors (Lipinski definition) is 1. The third kappa shape index (κ3) is 3.43. The Labute approximate surface area is 168 Å². The second kappa shape index (κ2) is 7.36. The smallest absolute Gasteiger partial charge is 0.282 e. The van der Waals surface area contributed by atoms with E-state index in [4.69, 9.17) is 0 Å². The van der Waals surface area contributed by atoms with Crippen molar-refractivity contribution in [3.63, 3.8) is 0 Å². The molecule has 1 aliphatic rings. The molecule has 1 heterocycles. The Morgan fingerprint density at radius 3 is 2.14 bits per heavy atom. The second-order valence-electron chi connectivity index (χ2n) is 6.96. The first-order chi connectivity index (χ1) is 14.0. The molecular formula is C24H19FN2O2. The molecule has 0 spiro atoms. The molecule has 0 fully saturated rings. The summed E-state index contributed by atoms with van der Waals surface area (Å²) >= 11 is 0. The molecule has 29 heavy (non-hydrogen) atoms. The molecule has 144 valence electrons. The van der Waals surface area contributed by atoms with Crippen molar-refractivity contribution in [1.82, 2.24) is 0 Å². The van der Waals surface area contributed by atoms with Crippen LogP contribution in [0.3, 0.4) is 0 Å². The van der Waals surface area contributed by atoms with Gasteiger partial charge in [-0.25, -0.2) is 9.29 Å². The van der Waals surface area contributed by atoms with Gasteiger partial charge >= 0.3 is 0 Å². The molecule has 4 nitrogen and oxygen atoms in total. The van der Waals surface area contributed by atoms with Crippen LogP contribution in [0.1, 0.15) is 16.7 Å². The number of benzene rings is 3. The highest BCUT2D eigenvalue weighted by atomic mass is 19.1. The SMILES string of the molecule is Cc1ccc(NC2=C(c3ccc(F)cc3)C(=O)N(c3ccccc3)C2=O)cc1C. The summed E-state index contributed by atoms with van der Waals surface area (Å²) in [6, 6.07) is 20.1. The van der Waals surface area contributed by atoms with Crippen molar-refractivity contribution in [3.05, 3.63) is 101 Å². The highest BCUT2D eigenvalue weighted by Crippen LogP contribution is 2.34. The fourth-order valence-electron chi connectivity index (χ4n) is 3.31. The van der Waals surface area contributed by atoms with Gasteiger partial charge in [-0.2, -0.15) is 0 Å². The molecule has 1 aliphatic heterocycles. The van der Waals surface area contributed by atoms with E-state index in [2.05, 4.69) is 5.32 Å². The number of nitrogens with zero attached hydrogens (tertiary/aromatic N) is 1. The summed E-state index contributed by atoms with van der Waals surface area (Å²) in [5.74, 6) is -1.30. The molecule has 3 aromatic carbocycles. The topological polar surface area (TPSA) is 49.4 Å². The lowest BCUT2D eigenvalue weighted by molar-refractivity contribution is -0.120. The third-order valence-electron chi connectivity index (χ3n) is 5.01. The fraction of sp³-hybridized carbons (Fsp3) is 0.0833. The van der Waals surface area contributed by atoms with Gasteiger partial charge in [-0.3, -0.25) is 9.59 Å². The van der Waals surface area contributed by atoms with Gasteiger partial charge in [0.15, 0.2) is 0 Å². The number of rotatable bonds is 4. The van der Waals surface area contributed by atoms with Crippen LogP contribution in [0.5, 0.6) is 0 Å². The molecule has 0 unspecified atom stereocenters. The first-order valence-electron chi connectivity index (χ1n) is 9.24. The van der Waals surface area contributed by atoms with Crippen molar-refractivity contribution >= 4 is 28.8 Å². The normalized spacial score (nSPS) is 14.0. The predicted octanol–water partition coefficient (Wildman–Crippen LogP) is 4.84. The minimum Gasteiger partial charge on any atom is -0.350 e. The fourth-order valence-corrected chi connectivity index (χ4v) is 3.31. The Bertz CT molecular complexity index is 1140. The number of carbonyl (C=O) groups excluding carboxylic acids is 2. The maximum atomic E-state index is 13.4. The molecule has 0 aliphatic carbocycles. The predicted molar refractivity (Wildman–Crippen MR) is 112 cm³/mol. The van der Waals surface area contributed by atoms with Crippen LogP contribution in [-0.4, -0.2) is 11.8 Å². The lowest BCUT2D eigenvalue weighted by Gasteiger charge is -2.15. The third-order valence-corrected chi connectivity index (χ3v) is 5.01. The molecule has 0 radical (unpaired) electrons. The standard InChI is InChI=1S/C24H19FN2O2/c1-15-8-13-19(14-16(15)2)26-22-21(17-9-11-18(25)12-10-17)23(28)27(24(22)29)20-6-4-3-5-7-20/h3-14,26H,1-2H3. The van der Waals surface area contributed by atoms with Crippen LogP contribution in [0.2, 0.25) is 0 Å². The van der Waals surface area contributed by atoms with Crippen molar-refractivity contribution in [2.45, 2.75) is 13.8 Å². The maximum absolute atomic E-state index is 13.4. The Morgan fingerprint density at radius 1 is 0.793 bits per heavy atom. The molecular weight excluding hydrogens is 367 g/mol. The molecule has 1 N–H and O–H groups in total. The molecule has 3 aromatic rings. The monoisotopic (exact) mass is 386 g/mol. The van der Waals surface area contributed by atoms with Gasteiger partial charge in [0.1, 0.15) is 11.5 Å². The highest BCUT2D eigenvalue weighted by molar-refractivity contribution is 6.46. The number of anilines is 2. The van der Waals surface area contributed by atoms with Gasteiger partial charge in [-0.1, -0.05) is 36.4 Å². The number of imide groups is 1. The van der Waals surface area contributed by atoms with Crippen LogP contribution in [0, 0.1) is 19.7 Å². The Balaban J connectivity index is 1.82. The van der Waals surface area contributed by atoms with Gasteiger partial charge in [-0.15, -0.1) is 0 Å². The molecule has 0 atom stereocenters. The largest absolute Gasteiger partial charge is 0.350 e. The van der Waals surface area contributed by atoms with Gasteiger partial charge < -0.3 is 5.32 Å². The van der Waals surface area contributed by atoms with E-state index in [0.717, 1.165) is 16.0 Å². The average Bonchev–Trinajstić information content (AvgIpc) is 2.96. The number of para-hydroxylation sites is 1. The van der Waals surface area contributed by atoms with Gasteiger partial charge in [0, 0.05) is 5.69 Å². The van der Waals surface area contributed by atoms with Crippen molar-refractivity contribution < 1.29 is 14.0 Å².